The molecule has 1 aromatic heterocycles. The Kier molecular flexibility index (Phi) is 9.66. The fourth-order valence-electron chi connectivity index (χ4n) is 2.81. The monoisotopic (exact) mass is 520 g/mol. The zero-order valence-electron chi connectivity index (χ0n) is 17.6. The van der Waals surface area contributed by atoms with Crippen molar-refractivity contribution < 1.29 is 9.15 Å². The molecule has 160 valence electrons. The second kappa shape index (κ2) is 12.2. The van der Waals surface area contributed by atoms with Crippen molar-refractivity contribution in [3.05, 3.63) is 83.1 Å². The maximum absolute atomic E-state index is 5.83. The van der Waals surface area contributed by atoms with E-state index in [1.54, 1.807) is 7.05 Å². The first-order chi connectivity index (χ1) is 14.1. The van der Waals surface area contributed by atoms with Crippen molar-refractivity contribution >= 4 is 29.9 Å². The second-order valence-electron chi connectivity index (χ2n) is 6.77. The summed E-state index contributed by atoms with van der Waals surface area (Å²) in [5.74, 6) is 3.11. The van der Waals surface area contributed by atoms with Crippen LogP contribution in [0, 0.1) is 13.8 Å². The standard InChI is InChI=1S/C23H28N4O2.HI/c1-17-18(2)29-22(27-17)15-26-23(24-3)25-14-13-19-9-11-21(12-10-19)28-16-20-7-5-4-6-8-20;/h4-12H,13-16H2,1-3H3,(H2,24,25,26);1H. The molecule has 1 heterocycles. The molecule has 0 aliphatic carbocycles. The number of aliphatic imine (C=N–C) groups is 1. The molecule has 0 aliphatic heterocycles. The highest BCUT2D eigenvalue weighted by atomic mass is 127. The van der Waals surface area contributed by atoms with Crippen LogP contribution in [0.1, 0.15) is 28.5 Å². The lowest BCUT2D eigenvalue weighted by atomic mass is 10.1. The molecule has 2 N–H and O–H groups in total. The Morgan fingerprint density at radius 2 is 1.73 bits per heavy atom. The van der Waals surface area contributed by atoms with E-state index in [1.807, 2.05) is 44.2 Å². The molecule has 3 rings (SSSR count). The van der Waals surface area contributed by atoms with E-state index in [0.717, 1.165) is 41.7 Å². The third-order valence-corrected chi connectivity index (χ3v) is 4.58. The number of guanidine groups is 1. The zero-order valence-corrected chi connectivity index (χ0v) is 20.0. The number of halogens is 1. The molecule has 0 bridgehead atoms. The van der Waals surface area contributed by atoms with Crippen molar-refractivity contribution in [2.24, 2.45) is 4.99 Å². The van der Waals surface area contributed by atoms with Crippen LogP contribution in [0.5, 0.6) is 5.75 Å². The molecule has 0 saturated heterocycles. The predicted molar refractivity (Wildman–Crippen MR) is 131 cm³/mol. The number of hydrogen-bond acceptors (Lipinski definition) is 4. The van der Waals surface area contributed by atoms with Crippen molar-refractivity contribution in [1.29, 1.82) is 0 Å². The van der Waals surface area contributed by atoms with Gasteiger partial charge < -0.3 is 19.8 Å². The highest BCUT2D eigenvalue weighted by Crippen LogP contribution is 2.14. The van der Waals surface area contributed by atoms with Crippen LogP contribution in [0.3, 0.4) is 0 Å². The Labute approximate surface area is 195 Å². The molecule has 0 unspecified atom stereocenters. The van der Waals surface area contributed by atoms with Gasteiger partial charge in [0, 0.05) is 13.6 Å². The number of nitrogens with one attached hydrogen (secondary N) is 2. The van der Waals surface area contributed by atoms with Gasteiger partial charge >= 0.3 is 0 Å². The average molecular weight is 520 g/mol. The van der Waals surface area contributed by atoms with Gasteiger partial charge in [0.2, 0.25) is 5.89 Å². The molecule has 7 heteroatoms. The number of nitrogens with zero attached hydrogens (tertiary/aromatic N) is 2. The van der Waals surface area contributed by atoms with Crippen molar-refractivity contribution in [2.75, 3.05) is 13.6 Å². The van der Waals surface area contributed by atoms with Crippen LogP contribution >= 0.6 is 24.0 Å². The maximum Gasteiger partial charge on any atom is 0.214 e. The highest BCUT2D eigenvalue weighted by Gasteiger charge is 2.06. The third kappa shape index (κ3) is 7.37. The van der Waals surface area contributed by atoms with Crippen molar-refractivity contribution in [2.45, 2.75) is 33.4 Å². The Morgan fingerprint density at radius 1 is 1.00 bits per heavy atom. The van der Waals surface area contributed by atoms with Gasteiger partial charge in [-0.1, -0.05) is 42.5 Å². The number of benzene rings is 2. The number of aryl methyl sites for hydroxylation is 2. The molecule has 0 aliphatic rings. The smallest absolute Gasteiger partial charge is 0.214 e. The summed E-state index contributed by atoms with van der Waals surface area (Å²) in [5, 5.41) is 6.53. The van der Waals surface area contributed by atoms with Crippen LogP contribution in [0.2, 0.25) is 0 Å². The molecular weight excluding hydrogens is 491 g/mol. The quantitative estimate of drug-likeness (QED) is 0.262. The lowest BCUT2D eigenvalue weighted by Gasteiger charge is -2.11. The van der Waals surface area contributed by atoms with Crippen LogP contribution < -0.4 is 15.4 Å². The Bertz CT molecular complexity index is 905. The highest BCUT2D eigenvalue weighted by molar-refractivity contribution is 14.0. The molecule has 0 saturated carbocycles. The van der Waals surface area contributed by atoms with E-state index in [4.69, 9.17) is 9.15 Å². The Hall–Kier alpha value is -2.55. The maximum atomic E-state index is 5.83. The molecule has 6 nitrogen and oxygen atoms in total. The lowest BCUT2D eigenvalue weighted by molar-refractivity contribution is 0.306. The summed E-state index contributed by atoms with van der Waals surface area (Å²) in [5.41, 5.74) is 3.31. The van der Waals surface area contributed by atoms with Gasteiger partial charge in [0.15, 0.2) is 5.96 Å². The van der Waals surface area contributed by atoms with E-state index in [9.17, 15) is 0 Å². The van der Waals surface area contributed by atoms with E-state index >= 15 is 0 Å². The molecule has 30 heavy (non-hydrogen) atoms. The van der Waals surface area contributed by atoms with Crippen molar-refractivity contribution in [3.8, 4) is 5.75 Å². The Morgan fingerprint density at radius 3 is 2.37 bits per heavy atom. The number of aromatic nitrogens is 1. The van der Waals surface area contributed by atoms with E-state index in [2.05, 4.69) is 44.9 Å². The summed E-state index contributed by atoms with van der Waals surface area (Å²) in [6.45, 7) is 5.70. The lowest BCUT2D eigenvalue weighted by Crippen LogP contribution is -2.37. The molecule has 2 aromatic carbocycles. The topological polar surface area (TPSA) is 71.7 Å². The summed E-state index contributed by atoms with van der Waals surface area (Å²) in [6, 6.07) is 18.4. The summed E-state index contributed by atoms with van der Waals surface area (Å²) < 4.78 is 11.4. The summed E-state index contributed by atoms with van der Waals surface area (Å²) >= 11 is 0. The van der Waals surface area contributed by atoms with Gasteiger partial charge in [0.25, 0.3) is 0 Å². The van der Waals surface area contributed by atoms with E-state index in [1.165, 1.54) is 5.56 Å². The van der Waals surface area contributed by atoms with Gasteiger partial charge in [-0.15, -0.1) is 24.0 Å². The minimum Gasteiger partial charge on any atom is -0.489 e. The van der Waals surface area contributed by atoms with Crippen LogP contribution in [0.4, 0.5) is 0 Å². The first kappa shape index (κ1) is 23.7. The SMILES string of the molecule is CN=C(NCCc1ccc(OCc2ccccc2)cc1)NCc1nc(C)c(C)o1.I. The minimum absolute atomic E-state index is 0. The minimum atomic E-state index is 0. The largest absolute Gasteiger partial charge is 0.489 e. The average Bonchev–Trinajstić information content (AvgIpc) is 3.08. The second-order valence-corrected chi connectivity index (χ2v) is 6.77. The fraction of sp³-hybridized carbons (Fsp3) is 0.304. The summed E-state index contributed by atoms with van der Waals surface area (Å²) in [6.07, 6.45) is 0.886. The zero-order chi connectivity index (χ0) is 20.5. The van der Waals surface area contributed by atoms with E-state index in [-0.39, 0.29) is 24.0 Å². The molecule has 3 aromatic rings. The van der Waals surface area contributed by atoms with Crippen LogP contribution in [-0.2, 0) is 19.6 Å². The van der Waals surface area contributed by atoms with E-state index in [0.29, 0.717) is 19.0 Å². The van der Waals surface area contributed by atoms with Gasteiger partial charge in [-0.25, -0.2) is 4.98 Å². The number of rotatable bonds is 8. The van der Waals surface area contributed by atoms with Crippen molar-refractivity contribution in [1.82, 2.24) is 15.6 Å². The number of ether oxygens (including phenoxy) is 1. The summed E-state index contributed by atoms with van der Waals surface area (Å²) in [7, 11) is 1.75. The van der Waals surface area contributed by atoms with Crippen molar-refractivity contribution in [3.63, 3.8) is 0 Å². The van der Waals surface area contributed by atoms with Crippen LogP contribution in [0.25, 0.3) is 0 Å². The van der Waals surface area contributed by atoms with E-state index < -0.39 is 0 Å². The fourth-order valence-corrected chi connectivity index (χ4v) is 2.81. The molecule has 0 amide bonds. The molecular formula is C23H29IN4O2. The van der Waals surface area contributed by atoms with Crippen LogP contribution in [0.15, 0.2) is 64.0 Å². The normalized spacial score (nSPS) is 11.0. The molecule has 0 fully saturated rings. The summed E-state index contributed by atoms with van der Waals surface area (Å²) in [4.78, 5) is 8.60. The number of oxazole rings is 1. The number of hydrogen-bond donors (Lipinski definition) is 2. The van der Waals surface area contributed by atoms with Gasteiger partial charge in [-0.2, -0.15) is 0 Å². The molecule has 0 atom stereocenters. The van der Waals surface area contributed by atoms with Gasteiger partial charge in [0.05, 0.1) is 12.2 Å². The van der Waals surface area contributed by atoms with Gasteiger partial charge in [0.1, 0.15) is 18.1 Å². The first-order valence-electron chi connectivity index (χ1n) is 9.77. The van der Waals surface area contributed by atoms with Gasteiger partial charge in [-0.3, -0.25) is 4.99 Å². The Balaban J connectivity index is 0.00000320. The van der Waals surface area contributed by atoms with Gasteiger partial charge in [-0.05, 0) is 43.5 Å². The third-order valence-electron chi connectivity index (χ3n) is 4.58. The molecule has 0 radical (unpaired) electrons. The molecule has 0 spiro atoms. The predicted octanol–water partition coefficient (Wildman–Crippen LogP) is 4.40. The van der Waals surface area contributed by atoms with Crippen LogP contribution in [-0.4, -0.2) is 24.5 Å². The first-order valence-corrected chi connectivity index (χ1v) is 9.77.